The second-order valence-electron chi connectivity index (χ2n) is 4.90. The molecule has 104 valence electrons. The van der Waals surface area contributed by atoms with Crippen LogP contribution in [0.3, 0.4) is 0 Å². The number of nitrogens with one attached hydrogen (secondary N) is 1. The molecule has 0 spiro atoms. The van der Waals surface area contributed by atoms with Crippen molar-refractivity contribution in [3.8, 4) is 0 Å². The van der Waals surface area contributed by atoms with Crippen LogP contribution in [0.5, 0.6) is 0 Å². The van der Waals surface area contributed by atoms with Crippen molar-refractivity contribution in [1.82, 2.24) is 9.88 Å². The lowest BCUT2D eigenvalue weighted by Crippen LogP contribution is -2.22. The lowest BCUT2D eigenvalue weighted by atomic mass is 10.2. The van der Waals surface area contributed by atoms with Crippen molar-refractivity contribution in [2.45, 2.75) is 19.5 Å². The lowest BCUT2D eigenvalue weighted by molar-refractivity contribution is 0.543. The maximum Gasteiger partial charge on any atom is 0.0492 e. The highest BCUT2D eigenvalue weighted by atomic mass is 79.9. The topological polar surface area (TPSA) is 17.0 Å². The third-order valence-corrected chi connectivity index (χ3v) is 5.06. The Balaban J connectivity index is 1.64. The molecule has 20 heavy (non-hydrogen) atoms. The molecule has 2 nitrogen and oxygen atoms in total. The molecule has 0 saturated heterocycles. The summed E-state index contributed by atoms with van der Waals surface area (Å²) >= 11 is 5.35. The number of rotatable bonds is 5. The summed E-state index contributed by atoms with van der Waals surface area (Å²) in [5.74, 6) is 0. The number of aromatic nitrogens is 1. The number of halogens is 1. The van der Waals surface area contributed by atoms with E-state index in [4.69, 9.17) is 0 Å². The van der Waals surface area contributed by atoms with Gasteiger partial charge in [0.1, 0.15) is 0 Å². The average molecular weight is 349 g/mol. The summed E-state index contributed by atoms with van der Waals surface area (Å²) in [6.07, 6.45) is 2.16. The molecule has 0 fully saturated rings. The molecule has 1 atom stereocenters. The number of nitrogens with zero attached hydrogens (tertiary/aromatic N) is 1. The molecule has 0 saturated carbocycles. The van der Waals surface area contributed by atoms with Gasteiger partial charge in [0.05, 0.1) is 0 Å². The Kier molecular flexibility index (Phi) is 4.24. The molecule has 4 heteroatoms. The minimum Gasteiger partial charge on any atom is -0.346 e. The molecular formula is C16H17BrN2S. The van der Waals surface area contributed by atoms with Gasteiger partial charge in [0.15, 0.2) is 0 Å². The van der Waals surface area contributed by atoms with Gasteiger partial charge in [-0.15, -0.1) is 11.3 Å². The number of hydrogen-bond donors (Lipinski definition) is 1. The van der Waals surface area contributed by atoms with Crippen LogP contribution in [0.1, 0.15) is 17.8 Å². The summed E-state index contributed by atoms with van der Waals surface area (Å²) in [5.41, 5.74) is 1.28. The molecule has 2 heterocycles. The van der Waals surface area contributed by atoms with Crippen molar-refractivity contribution in [2.75, 3.05) is 6.54 Å². The number of thiophene rings is 1. The van der Waals surface area contributed by atoms with E-state index in [2.05, 4.69) is 80.7 Å². The molecular weight excluding hydrogens is 332 g/mol. The minimum absolute atomic E-state index is 0.420. The first-order valence-corrected chi connectivity index (χ1v) is 8.42. The van der Waals surface area contributed by atoms with Crippen molar-refractivity contribution >= 4 is 38.2 Å². The molecule has 0 aliphatic heterocycles. The van der Waals surface area contributed by atoms with Gasteiger partial charge in [-0.05, 0) is 42.0 Å². The second-order valence-corrected chi connectivity index (χ2v) is 6.80. The molecule has 1 N–H and O–H groups in total. The Labute approximate surface area is 131 Å². The lowest BCUT2D eigenvalue weighted by Gasteiger charge is -2.13. The zero-order valence-electron chi connectivity index (χ0n) is 11.3. The van der Waals surface area contributed by atoms with Crippen molar-refractivity contribution in [3.63, 3.8) is 0 Å². The molecule has 0 aliphatic carbocycles. The zero-order valence-corrected chi connectivity index (χ0v) is 13.7. The molecule has 1 aromatic carbocycles. The number of benzene rings is 1. The first-order valence-electron chi connectivity index (χ1n) is 6.75. The summed E-state index contributed by atoms with van der Waals surface area (Å²) in [4.78, 5) is 1.39. The molecule has 0 bridgehead atoms. The van der Waals surface area contributed by atoms with E-state index in [1.54, 1.807) is 0 Å². The largest absolute Gasteiger partial charge is 0.346 e. The van der Waals surface area contributed by atoms with Crippen LogP contribution < -0.4 is 5.32 Å². The summed E-state index contributed by atoms with van der Waals surface area (Å²) in [6.45, 7) is 4.17. The first-order chi connectivity index (χ1) is 9.74. The van der Waals surface area contributed by atoms with E-state index in [0.29, 0.717) is 6.04 Å². The van der Waals surface area contributed by atoms with Gasteiger partial charge >= 0.3 is 0 Å². The average Bonchev–Trinajstić information content (AvgIpc) is 3.08. The van der Waals surface area contributed by atoms with Crippen molar-refractivity contribution in [2.24, 2.45) is 0 Å². The maximum absolute atomic E-state index is 3.58. The number of fused-ring (bicyclic) bond motifs is 1. The zero-order chi connectivity index (χ0) is 13.9. The summed E-state index contributed by atoms with van der Waals surface area (Å²) in [7, 11) is 0. The molecule has 0 radical (unpaired) electrons. The van der Waals surface area contributed by atoms with Crippen molar-refractivity contribution in [3.05, 3.63) is 57.3 Å². The Morgan fingerprint density at radius 3 is 3.00 bits per heavy atom. The van der Waals surface area contributed by atoms with Gasteiger partial charge in [0.25, 0.3) is 0 Å². The second kappa shape index (κ2) is 6.12. The molecule has 0 aliphatic rings. The molecule has 3 rings (SSSR count). The van der Waals surface area contributed by atoms with E-state index >= 15 is 0 Å². The van der Waals surface area contributed by atoms with Gasteiger partial charge in [-0.2, -0.15) is 0 Å². The van der Waals surface area contributed by atoms with E-state index in [1.807, 2.05) is 11.3 Å². The van der Waals surface area contributed by atoms with Crippen molar-refractivity contribution < 1.29 is 0 Å². The van der Waals surface area contributed by atoms with Crippen LogP contribution in [0.15, 0.2) is 52.4 Å². The van der Waals surface area contributed by atoms with Crippen LogP contribution in [0.4, 0.5) is 0 Å². The summed E-state index contributed by atoms with van der Waals surface area (Å²) in [6, 6.07) is 13.3. The van der Waals surface area contributed by atoms with Gasteiger partial charge in [-0.3, -0.25) is 0 Å². The molecule has 3 aromatic rings. The van der Waals surface area contributed by atoms with E-state index in [1.165, 1.54) is 15.8 Å². The Hall–Kier alpha value is -1.10. The van der Waals surface area contributed by atoms with Crippen LogP contribution in [0.2, 0.25) is 0 Å². The smallest absolute Gasteiger partial charge is 0.0492 e. The highest BCUT2D eigenvalue weighted by molar-refractivity contribution is 9.10. The Morgan fingerprint density at radius 1 is 1.30 bits per heavy atom. The normalized spacial score (nSPS) is 12.9. The van der Waals surface area contributed by atoms with E-state index in [0.717, 1.165) is 17.6 Å². The summed E-state index contributed by atoms with van der Waals surface area (Å²) < 4.78 is 3.43. The van der Waals surface area contributed by atoms with Crippen LogP contribution >= 0.6 is 27.3 Å². The van der Waals surface area contributed by atoms with E-state index < -0.39 is 0 Å². The van der Waals surface area contributed by atoms with E-state index in [9.17, 15) is 0 Å². The van der Waals surface area contributed by atoms with Crippen molar-refractivity contribution in [1.29, 1.82) is 0 Å². The molecule has 2 aromatic heterocycles. The van der Waals surface area contributed by atoms with Crippen LogP contribution in [0.25, 0.3) is 10.9 Å². The first kappa shape index (κ1) is 13.9. The van der Waals surface area contributed by atoms with Gasteiger partial charge in [0.2, 0.25) is 0 Å². The highest BCUT2D eigenvalue weighted by Crippen LogP contribution is 2.21. The van der Waals surface area contributed by atoms with Crippen LogP contribution in [-0.2, 0) is 6.54 Å². The molecule has 0 amide bonds. The maximum atomic E-state index is 3.58. The van der Waals surface area contributed by atoms with Gasteiger partial charge < -0.3 is 9.88 Å². The number of hydrogen-bond acceptors (Lipinski definition) is 2. The predicted octanol–water partition coefficient (Wildman–Crippen LogP) is 4.82. The van der Waals surface area contributed by atoms with Crippen LogP contribution in [0, 0.1) is 0 Å². The fourth-order valence-electron chi connectivity index (χ4n) is 2.39. The van der Waals surface area contributed by atoms with Crippen LogP contribution in [-0.4, -0.2) is 11.1 Å². The standard InChI is InChI=1S/C16H17BrN2S/c1-12(16-3-2-10-20-16)18-7-9-19-8-6-13-4-5-14(17)11-15(13)19/h2-6,8,10-12,18H,7,9H2,1H3. The Morgan fingerprint density at radius 2 is 2.20 bits per heavy atom. The fourth-order valence-corrected chi connectivity index (χ4v) is 3.50. The third kappa shape index (κ3) is 2.97. The predicted molar refractivity (Wildman–Crippen MR) is 90.4 cm³/mol. The van der Waals surface area contributed by atoms with Gasteiger partial charge in [0, 0.05) is 40.2 Å². The van der Waals surface area contributed by atoms with Gasteiger partial charge in [-0.25, -0.2) is 0 Å². The third-order valence-electron chi connectivity index (χ3n) is 3.51. The van der Waals surface area contributed by atoms with Gasteiger partial charge in [-0.1, -0.05) is 28.1 Å². The highest BCUT2D eigenvalue weighted by Gasteiger charge is 2.06. The minimum atomic E-state index is 0.420. The Bertz CT molecular complexity index is 688. The molecule has 1 unspecified atom stereocenters. The summed E-state index contributed by atoms with van der Waals surface area (Å²) in [5, 5.41) is 7.00. The quantitative estimate of drug-likeness (QED) is 0.699. The monoisotopic (exact) mass is 348 g/mol. The SMILES string of the molecule is CC(NCCn1ccc2ccc(Br)cc21)c1cccs1. The fraction of sp³-hybridized carbons (Fsp3) is 0.250. The van der Waals surface area contributed by atoms with E-state index in [-0.39, 0.29) is 0 Å².